The smallest absolute Gasteiger partial charge is 0.416 e. The van der Waals surface area contributed by atoms with Crippen LogP contribution in [0.25, 0.3) is 12.2 Å². The number of benzene rings is 2. The first kappa shape index (κ1) is 25.2. The Morgan fingerprint density at radius 1 is 1.06 bits per heavy atom. The van der Waals surface area contributed by atoms with Crippen LogP contribution in [0.3, 0.4) is 0 Å². The van der Waals surface area contributed by atoms with E-state index < -0.39 is 17.6 Å². The number of nitrogens with zero attached hydrogens (tertiary/aromatic N) is 4. The van der Waals surface area contributed by atoms with Crippen LogP contribution in [-0.2, 0) is 25.7 Å². The summed E-state index contributed by atoms with van der Waals surface area (Å²) in [5.41, 5.74) is 0.732. The predicted octanol–water partition coefficient (Wildman–Crippen LogP) is 6.50. The lowest BCUT2D eigenvalue weighted by Crippen LogP contribution is -2.05. The monoisotopic (exact) mass is 500 g/mol. The van der Waals surface area contributed by atoms with Crippen LogP contribution in [0.15, 0.2) is 59.3 Å². The molecule has 2 heterocycles. The van der Waals surface area contributed by atoms with Gasteiger partial charge in [-0.25, -0.2) is 9.37 Å². The average Bonchev–Trinajstić information content (AvgIpc) is 3.49. The van der Waals surface area contributed by atoms with Crippen LogP contribution in [0, 0.1) is 12.7 Å². The fourth-order valence-corrected chi connectivity index (χ4v) is 3.51. The van der Waals surface area contributed by atoms with Crippen molar-refractivity contribution in [3.05, 3.63) is 94.7 Å². The molecule has 0 bridgehead atoms. The van der Waals surface area contributed by atoms with Crippen LogP contribution in [0.5, 0.6) is 5.75 Å². The number of rotatable bonds is 10. The number of halogens is 4. The summed E-state index contributed by atoms with van der Waals surface area (Å²) in [4.78, 5) is 4.32. The zero-order valence-corrected chi connectivity index (χ0v) is 19.5. The molecule has 0 saturated heterocycles. The highest BCUT2D eigenvalue weighted by molar-refractivity contribution is 5.66. The van der Waals surface area contributed by atoms with E-state index in [1.54, 1.807) is 13.1 Å². The van der Waals surface area contributed by atoms with E-state index in [0.717, 1.165) is 37.9 Å². The molecule has 0 fully saturated rings. The van der Waals surface area contributed by atoms with Gasteiger partial charge in [0.1, 0.15) is 29.6 Å². The molecule has 0 aliphatic rings. The van der Waals surface area contributed by atoms with Crippen LogP contribution in [0.4, 0.5) is 17.6 Å². The van der Waals surface area contributed by atoms with Gasteiger partial charge < -0.3 is 9.15 Å². The minimum atomic E-state index is -4.60. The van der Waals surface area contributed by atoms with Gasteiger partial charge in [-0.1, -0.05) is 23.4 Å². The average molecular weight is 500 g/mol. The van der Waals surface area contributed by atoms with Gasteiger partial charge in [0.25, 0.3) is 0 Å². The molecule has 0 radical (unpaired) electrons. The molecule has 2 aromatic heterocycles. The number of aromatic nitrogens is 4. The van der Waals surface area contributed by atoms with Crippen LogP contribution in [0.2, 0.25) is 0 Å². The molecule has 36 heavy (non-hydrogen) atoms. The van der Waals surface area contributed by atoms with Crippen molar-refractivity contribution in [3.63, 3.8) is 0 Å². The number of aryl methyl sites for hydroxylation is 3. The Bertz CT molecular complexity index is 1300. The Labute approximate surface area is 205 Å². The molecule has 188 valence electrons. The number of ether oxygens (including phenoxy) is 1. The molecular weight excluding hydrogens is 476 g/mol. The standard InChI is InChI=1S/C26H24F4N4O2/c1-18-24(32-25(36-18)12-8-20-7-9-21(16-23(20)27)26(28,29)30)17-35-22-10-5-19(6-11-22)4-2-3-14-34-15-13-31-33-34/h5-13,15-16H,2-4,14,17H2,1H3. The fourth-order valence-electron chi connectivity index (χ4n) is 3.51. The van der Waals surface area contributed by atoms with E-state index in [4.69, 9.17) is 9.15 Å². The second-order valence-corrected chi connectivity index (χ2v) is 8.18. The Kier molecular flexibility index (Phi) is 7.82. The third kappa shape index (κ3) is 6.80. The topological polar surface area (TPSA) is 66.0 Å². The van der Waals surface area contributed by atoms with Gasteiger partial charge in [0.05, 0.1) is 11.8 Å². The van der Waals surface area contributed by atoms with Gasteiger partial charge in [-0.15, -0.1) is 5.10 Å². The van der Waals surface area contributed by atoms with Gasteiger partial charge >= 0.3 is 6.18 Å². The summed E-state index contributed by atoms with van der Waals surface area (Å²) < 4.78 is 65.3. The maximum Gasteiger partial charge on any atom is 0.416 e. The molecule has 4 rings (SSSR count). The zero-order valence-electron chi connectivity index (χ0n) is 19.5. The van der Waals surface area contributed by atoms with Crippen molar-refractivity contribution >= 4 is 12.2 Å². The maximum absolute atomic E-state index is 14.0. The maximum atomic E-state index is 14.0. The summed E-state index contributed by atoms with van der Waals surface area (Å²) in [5.74, 6) is 0.442. The Morgan fingerprint density at radius 3 is 2.56 bits per heavy atom. The highest BCUT2D eigenvalue weighted by Gasteiger charge is 2.31. The number of hydrogen-bond acceptors (Lipinski definition) is 5. The quantitative estimate of drug-likeness (QED) is 0.184. The van der Waals surface area contributed by atoms with Gasteiger partial charge in [-0.3, -0.25) is 4.68 Å². The van der Waals surface area contributed by atoms with E-state index in [0.29, 0.717) is 23.3 Å². The van der Waals surface area contributed by atoms with Crippen molar-refractivity contribution in [2.24, 2.45) is 0 Å². The normalized spacial score (nSPS) is 11.9. The summed E-state index contributed by atoms with van der Waals surface area (Å²) in [6, 6.07) is 10.2. The molecule has 0 aliphatic heterocycles. The van der Waals surface area contributed by atoms with Gasteiger partial charge in [0.15, 0.2) is 0 Å². The van der Waals surface area contributed by atoms with Crippen molar-refractivity contribution < 1.29 is 26.7 Å². The van der Waals surface area contributed by atoms with Gasteiger partial charge in [0, 0.05) is 24.4 Å². The van der Waals surface area contributed by atoms with E-state index in [9.17, 15) is 17.6 Å². The van der Waals surface area contributed by atoms with Gasteiger partial charge in [-0.05, 0) is 62.1 Å². The molecule has 0 N–H and O–H groups in total. The third-order valence-corrected chi connectivity index (χ3v) is 5.52. The zero-order chi connectivity index (χ0) is 25.5. The van der Waals surface area contributed by atoms with Crippen molar-refractivity contribution in [2.75, 3.05) is 0 Å². The van der Waals surface area contributed by atoms with Crippen molar-refractivity contribution in [3.8, 4) is 5.75 Å². The molecular formula is C26H24F4N4O2. The summed E-state index contributed by atoms with van der Waals surface area (Å²) >= 11 is 0. The van der Waals surface area contributed by atoms with E-state index in [-0.39, 0.29) is 18.1 Å². The summed E-state index contributed by atoms with van der Waals surface area (Å²) in [7, 11) is 0. The number of oxazole rings is 1. The first-order valence-corrected chi connectivity index (χ1v) is 11.3. The predicted molar refractivity (Wildman–Crippen MR) is 125 cm³/mol. The number of unbranched alkanes of at least 4 members (excludes halogenated alkanes) is 1. The minimum absolute atomic E-state index is 0.00450. The molecule has 6 nitrogen and oxygen atoms in total. The largest absolute Gasteiger partial charge is 0.487 e. The van der Waals surface area contributed by atoms with Crippen molar-refractivity contribution in [1.29, 1.82) is 0 Å². The second-order valence-electron chi connectivity index (χ2n) is 8.18. The van der Waals surface area contributed by atoms with Crippen LogP contribution in [0.1, 0.15) is 46.9 Å². The molecule has 0 unspecified atom stereocenters. The first-order valence-electron chi connectivity index (χ1n) is 11.3. The second kappa shape index (κ2) is 11.2. The Balaban J connectivity index is 1.28. The van der Waals surface area contributed by atoms with E-state index in [1.165, 1.54) is 17.7 Å². The van der Waals surface area contributed by atoms with Crippen LogP contribution < -0.4 is 4.74 Å². The summed E-state index contributed by atoms with van der Waals surface area (Å²) in [6.45, 7) is 2.74. The fraction of sp³-hybridized carbons (Fsp3) is 0.269. The molecule has 0 saturated carbocycles. The molecule has 0 aliphatic carbocycles. The van der Waals surface area contributed by atoms with Gasteiger partial charge in [0.2, 0.25) is 5.89 Å². The SMILES string of the molecule is Cc1oc(C=Cc2ccc(C(F)(F)F)cc2F)nc1COc1ccc(CCCCn2ccnn2)cc1. The molecule has 10 heteroatoms. The third-order valence-electron chi connectivity index (χ3n) is 5.52. The summed E-state index contributed by atoms with van der Waals surface area (Å²) in [5, 5.41) is 7.74. The molecule has 0 spiro atoms. The molecule has 4 aromatic rings. The first-order chi connectivity index (χ1) is 17.3. The Morgan fingerprint density at radius 2 is 1.86 bits per heavy atom. The van der Waals surface area contributed by atoms with E-state index >= 15 is 0 Å². The van der Waals surface area contributed by atoms with Crippen molar-refractivity contribution in [2.45, 2.75) is 45.5 Å². The molecule has 0 amide bonds. The number of hydrogen-bond donors (Lipinski definition) is 0. The lowest BCUT2D eigenvalue weighted by Gasteiger charge is -2.07. The minimum Gasteiger partial charge on any atom is -0.487 e. The van der Waals surface area contributed by atoms with Gasteiger partial charge in [-0.2, -0.15) is 13.2 Å². The Hall–Kier alpha value is -3.95. The highest BCUT2D eigenvalue weighted by atomic mass is 19.4. The van der Waals surface area contributed by atoms with Crippen LogP contribution in [-0.4, -0.2) is 20.0 Å². The summed E-state index contributed by atoms with van der Waals surface area (Å²) in [6.07, 6.45) is 4.63. The molecule has 0 atom stereocenters. The lowest BCUT2D eigenvalue weighted by molar-refractivity contribution is -0.137. The highest BCUT2D eigenvalue weighted by Crippen LogP contribution is 2.30. The van der Waals surface area contributed by atoms with Crippen LogP contribution >= 0.6 is 0 Å². The van der Waals surface area contributed by atoms with E-state index in [1.807, 2.05) is 35.1 Å². The number of alkyl halides is 3. The molecule has 2 aromatic carbocycles. The lowest BCUT2D eigenvalue weighted by atomic mass is 10.1. The van der Waals surface area contributed by atoms with E-state index in [2.05, 4.69) is 15.3 Å². The van der Waals surface area contributed by atoms with Crippen molar-refractivity contribution in [1.82, 2.24) is 20.0 Å².